The molecule has 1 aromatic heterocycles. The van der Waals surface area contributed by atoms with Gasteiger partial charge in [-0.2, -0.15) is 5.10 Å². The average Bonchev–Trinajstić information content (AvgIpc) is 3.01. The van der Waals surface area contributed by atoms with Crippen molar-refractivity contribution >= 4 is 23.3 Å². The Kier molecular flexibility index (Phi) is 7.59. The van der Waals surface area contributed by atoms with E-state index in [1.165, 1.54) is 0 Å². The van der Waals surface area contributed by atoms with Crippen molar-refractivity contribution in [2.45, 2.75) is 41.5 Å². The maximum absolute atomic E-state index is 12.4. The number of nitrogens with one attached hydrogen (secondary N) is 2. The number of esters is 1. The van der Waals surface area contributed by atoms with Gasteiger partial charge in [0.2, 0.25) is 0 Å². The number of carbonyl (C=O) groups is 2. The van der Waals surface area contributed by atoms with E-state index in [0.29, 0.717) is 34.8 Å². The number of carbonyl (C=O) groups excluding carboxylic acids is 2. The third kappa shape index (κ3) is 5.04. The second-order valence-corrected chi connectivity index (χ2v) is 6.70. The number of aromatic nitrogens is 1. The van der Waals surface area contributed by atoms with Crippen molar-refractivity contribution in [3.05, 3.63) is 52.3 Å². The molecule has 0 saturated heterocycles. The van der Waals surface area contributed by atoms with Crippen LogP contribution in [0, 0.1) is 13.8 Å². The molecule has 0 bridgehead atoms. The molecule has 0 saturated carbocycles. The van der Waals surface area contributed by atoms with Crippen molar-refractivity contribution in [3.8, 4) is 0 Å². The number of rotatable bonds is 8. The highest BCUT2D eigenvalue weighted by molar-refractivity contribution is 6.04. The number of aromatic amines is 1. The van der Waals surface area contributed by atoms with E-state index < -0.39 is 0 Å². The fourth-order valence-corrected chi connectivity index (χ4v) is 3.29. The summed E-state index contributed by atoms with van der Waals surface area (Å²) < 4.78 is 5.11. The van der Waals surface area contributed by atoms with Gasteiger partial charge >= 0.3 is 5.97 Å². The summed E-state index contributed by atoms with van der Waals surface area (Å²) >= 11 is 0. The fourth-order valence-electron chi connectivity index (χ4n) is 3.29. The third-order valence-corrected chi connectivity index (χ3v) is 4.86. The molecule has 2 aromatic rings. The van der Waals surface area contributed by atoms with Gasteiger partial charge in [-0.1, -0.05) is 0 Å². The highest BCUT2D eigenvalue weighted by atomic mass is 16.5. The quantitative estimate of drug-likeness (QED) is 0.402. The van der Waals surface area contributed by atoms with Crippen molar-refractivity contribution < 1.29 is 14.3 Å². The van der Waals surface area contributed by atoms with Crippen molar-refractivity contribution in [3.63, 3.8) is 0 Å². The SMILES string of the molecule is CCOC(=O)c1c(C)[nH]c(C(C)=NNC(=O)c2ccc(N(CC)CC)cc2)c1C. The zero-order valence-corrected chi connectivity index (χ0v) is 18.0. The molecule has 0 atom stereocenters. The molecular formula is C22H30N4O3. The van der Waals surface area contributed by atoms with Crippen LogP contribution in [0.25, 0.3) is 0 Å². The number of aryl methyl sites for hydroxylation is 1. The molecular weight excluding hydrogens is 368 g/mol. The van der Waals surface area contributed by atoms with Gasteiger partial charge in [0.25, 0.3) is 5.91 Å². The summed E-state index contributed by atoms with van der Waals surface area (Å²) in [5, 5.41) is 4.20. The molecule has 1 aromatic carbocycles. The number of anilines is 1. The van der Waals surface area contributed by atoms with Crippen LogP contribution < -0.4 is 10.3 Å². The Morgan fingerprint density at radius 1 is 1.10 bits per heavy atom. The minimum atomic E-state index is -0.366. The Bertz CT molecular complexity index is 894. The van der Waals surface area contributed by atoms with Crippen LogP contribution in [0.3, 0.4) is 0 Å². The van der Waals surface area contributed by atoms with Gasteiger partial charge in [-0.05, 0) is 71.4 Å². The summed E-state index contributed by atoms with van der Waals surface area (Å²) in [7, 11) is 0. The summed E-state index contributed by atoms with van der Waals surface area (Å²) in [6.45, 7) is 13.5. The first-order valence-electron chi connectivity index (χ1n) is 9.90. The van der Waals surface area contributed by atoms with Crippen LogP contribution in [0.2, 0.25) is 0 Å². The lowest BCUT2D eigenvalue weighted by atomic mass is 10.1. The zero-order valence-electron chi connectivity index (χ0n) is 18.0. The van der Waals surface area contributed by atoms with E-state index in [1.807, 2.05) is 26.0 Å². The van der Waals surface area contributed by atoms with Crippen molar-refractivity contribution in [1.82, 2.24) is 10.4 Å². The molecule has 156 valence electrons. The summed E-state index contributed by atoms with van der Waals surface area (Å²) in [5.41, 5.74) is 7.44. The predicted octanol–water partition coefficient (Wildman–Crippen LogP) is 3.81. The van der Waals surface area contributed by atoms with E-state index in [2.05, 4.69) is 34.3 Å². The average molecular weight is 399 g/mol. The van der Waals surface area contributed by atoms with Gasteiger partial charge in [-0.3, -0.25) is 4.79 Å². The minimum absolute atomic E-state index is 0.290. The predicted molar refractivity (Wildman–Crippen MR) is 116 cm³/mol. The molecule has 0 aliphatic carbocycles. The number of nitrogens with zero attached hydrogens (tertiary/aromatic N) is 2. The molecule has 0 spiro atoms. The molecule has 7 heteroatoms. The van der Waals surface area contributed by atoms with Crippen molar-refractivity contribution in [1.29, 1.82) is 0 Å². The molecule has 1 heterocycles. The van der Waals surface area contributed by atoms with E-state index in [1.54, 1.807) is 26.0 Å². The van der Waals surface area contributed by atoms with E-state index in [4.69, 9.17) is 4.74 Å². The first-order valence-corrected chi connectivity index (χ1v) is 9.90. The second kappa shape index (κ2) is 9.91. The standard InChI is InChI=1S/C22H30N4O3/c1-7-26(8-2)18-12-10-17(11-13-18)21(27)25-24-16(6)20-14(4)19(15(5)23-20)22(28)29-9-3/h10-13,23H,7-9H2,1-6H3,(H,25,27). The van der Waals surface area contributed by atoms with Gasteiger partial charge in [0.15, 0.2) is 0 Å². The fraction of sp³-hybridized carbons (Fsp3) is 0.409. The Labute approximate surface area is 172 Å². The summed E-state index contributed by atoms with van der Waals surface area (Å²) in [6, 6.07) is 7.44. The first kappa shape index (κ1) is 22.2. The number of hydrogen-bond donors (Lipinski definition) is 2. The van der Waals surface area contributed by atoms with Gasteiger partial charge in [0, 0.05) is 30.0 Å². The number of ether oxygens (including phenoxy) is 1. The highest BCUT2D eigenvalue weighted by Crippen LogP contribution is 2.20. The van der Waals surface area contributed by atoms with Crippen LogP contribution in [0.4, 0.5) is 5.69 Å². The number of hydrazone groups is 1. The van der Waals surface area contributed by atoms with Gasteiger partial charge in [0.1, 0.15) is 0 Å². The number of amides is 1. The first-order chi connectivity index (χ1) is 13.8. The normalized spacial score (nSPS) is 11.3. The van der Waals surface area contributed by atoms with E-state index >= 15 is 0 Å². The highest BCUT2D eigenvalue weighted by Gasteiger charge is 2.20. The summed E-state index contributed by atoms with van der Waals surface area (Å²) in [6.07, 6.45) is 0. The van der Waals surface area contributed by atoms with Crippen LogP contribution in [0.5, 0.6) is 0 Å². The molecule has 0 unspecified atom stereocenters. The number of hydrogen-bond acceptors (Lipinski definition) is 5. The molecule has 0 aliphatic rings. The number of H-pyrrole nitrogens is 1. The van der Waals surface area contributed by atoms with Crippen LogP contribution >= 0.6 is 0 Å². The largest absolute Gasteiger partial charge is 0.462 e. The van der Waals surface area contributed by atoms with Crippen molar-refractivity contribution in [2.75, 3.05) is 24.6 Å². The van der Waals surface area contributed by atoms with Crippen LogP contribution in [-0.4, -0.2) is 42.3 Å². The Balaban J connectivity index is 2.14. The molecule has 0 fully saturated rings. The van der Waals surface area contributed by atoms with E-state index in [9.17, 15) is 9.59 Å². The Morgan fingerprint density at radius 3 is 2.28 bits per heavy atom. The Hall–Kier alpha value is -3.09. The molecule has 0 aliphatic heterocycles. The van der Waals surface area contributed by atoms with E-state index in [0.717, 1.165) is 24.3 Å². The number of benzene rings is 1. The molecule has 2 N–H and O–H groups in total. The second-order valence-electron chi connectivity index (χ2n) is 6.70. The van der Waals surface area contributed by atoms with Gasteiger partial charge in [0.05, 0.1) is 23.6 Å². The zero-order chi connectivity index (χ0) is 21.6. The van der Waals surface area contributed by atoms with Crippen LogP contribution in [0.1, 0.15) is 65.4 Å². The summed E-state index contributed by atoms with van der Waals surface area (Å²) in [5.74, 6) is -0.655. The Morgan fingerprint density at radius 2 is 1.72 bits per heavy atom. The lowest BCUT2D eigenvalue weighted by Gasteiger charge is -2.20. The maximum Gasteiger partial charge on any atom is 0.340 e. The molecule has 0 radical (unpaired) electrons. The molecule has 29 heavy (non-hydrogen) atoms. The third-order valence-electron chi connectivity index (χ3n) is 4.86. The van der Waals surface area contributed by atoms with Crippen LogP contribution in [-0.2, 0) is 4.74 Å². The summed E-state index contributed by atoms with van der Waals surface area (Å²) in [4.78, 5) is 29.9. The molecule has 1 amide bonds. The van der Waals surface area contributed by atoms with Crippen LogP contribution in [0.15, 0.2) is 29.4 Å². The topological polar surface area (TPSA) is 86.8 Å². The monoisotopic (exact) mass is 398 g/mol. The lowest BCUT2D eigenvalue weighted by Crippen LogP contribution is -2.22. The van der Waals surface area contributed by atoms with Gasteiger partial charge in [-0.15, -0.1) is 0 Å². The van der Waals surface area contributed by atoms with E-state index in [-0.39, 0.29) is 11.9 Å². The minimum Gasteiger partial charge on any atom is -0.462 e. The van der Waals surface area contributed by atoms with Crippen molar-refractivity contribution in [2.24, 2.45) is 5.10 Å². The van der Waals surface area contributed by atoms with Gasteiger partial charge in [-0.25, -0.2) is 10.2 Å². The lowest BCUT2D eigenvalue weighted by molar-refractivity contribution is 0.0525. The molecule has 2 rings (SSSR count). The maximum atomic E-state index is 12.4. The smallest absolute Gasteiger partial charge is 0.340 e. The van der Waals surface area contributed by atoms with Gasteiger partial charge < -0.3 is 14.6 Å². The molecule has 7 nitrogen and oxygen atoms in total.